The van der Waals surface area contributed by atoms with Crippen LogP contribution in [0.25, 0.3) is 10.9 Å². The maximum atomic E-state index is 13.3. The molecular formula is C17H16F2N4O2. The zero-order chi connectivity index (χ0) is 17.6. The highest BCUT2D eigenvalue weighted by Gasteiger charge is 2.27. The molecular weight excluding hydrogens is 330 g/mol. The molecule has 1 atom stereocenters. The van der Waals surface area contributed by atoms with Crippen molar-refractivity contribution in [1.29, 1.82) is 0 Å². The monoisotopic (exact) mass is 346 g/mol. The van der Waals surface area contributed by atoms with Crippen molar-refractivity contribution in [2.45, 2.75) is 18.8 Å². The van der Waals surface area contributed by atoms with Gasteiger partial charge in [0, 0.05) is 47.7 Å². The van der Waals surface area contributed by atoms with Crippen LogP contribution in [0.3, 0.4) is 0 Å². The molecule has 1 unspecified atom stereocenters. The van der Waals surface area contributed by atoms with Gasteiger partial charge < -0.3 is 15.0 Å². The fourth-order valence-corrected chi connectivity index (χ4v) is 3.39. The molecule has 1 amide bonds. The molecule has 8 heteroatoms. The predicted octanol–water partition coefficient (Wildman–Crippen LogP) is 2.48. The van der Waals surface area contributed by atoms with Crippen LogP contribution in [0.1, 0.15) is 34.9 Å². The normalized spacial score (nSPS) is 18.0. The number of piperidine rings is 1. The maximum absolute atomic E-state index is 13.3. The molecule has 3 N–H and O–H groups in total. The first-order valence-corrected chi connectivity index (χ1v) is 8.06. The van der Waals surface area contributed by atoms with E-state index in [4.69, 9.17) is 0 Å². The average Bonchev–Trinajstić information content (AvgIpc) is 3.21. The third-order valence-electron chi connectivity index (χ3n) is 4.66. The van der Waals surface area contributed by atoms with Crippen LogP contribution in [0.4, 0.5) is 8.78 Å². The quantitative estimate of drug-likeness (QED) is 0.666. The number of benzene rings is 1. The van der Waals surface area contributed by atoms with Gasteiger partial charge in [-0.25, -0.2) is 8.78 Å². The van der Waals surface area contributed by atoms with Crippen LogP contribution >= 0.6 is 0 Å². The zero-order valence-electron chi connectivity index (χ0n) is 13.2. The Morgan fingerprint density at radius 2 is 1.92 bits per heavy atom. The Morgan fingerprint density at radius 3 is 2.68 bits per heavy atom. The SMILES string of the molecule is O=C(c1cc2cc(F)c(F)cc2[nH]1)N1CCCC(c2cc(=O)[nH][nH]2)C1. The maximum Gasteiger partial charge on any atom is 0.270 e. The van der Waals surface area contributed by atoms with Crippen LogP contribution in [-0.2, 0) is 0 Å². The van der Waals surface area contributed by atoms with Gasteiger partial charge in [-0.3, -0.25) is 14.7 Å². The van der Waals surface area contributed by atoms with Crippen molar-refractivity contribution in [1.82, 2.24) is 20.1 Å². The molecule has 1 saturated heterocycles. The van der Waals surface area contributed by atoms with Gasteiger partial charge >= 0.3 is 0 Å². The number of rotatable bonds is 2. The molecule has 0 spiro atoms. The number of likely N-dealkylation sites (tertiary alicyclic amines) is 1. The summed E-state index contributed by atoms with van der Waals surface area (Å²) < 4.78 is 26.7. The fourth-order valence-electron chi connectivity index (χ4n) is 3.39. The first-order chi connectivity index (χ1) is 12.0. The van der Waals surface area contributed by atoms with E-state index in [0.29, 0.717) is 29.7 Å². The van der Waals surface area contributed by atoms with Gasteiger partial charge in [-0.2, -0.15) is 0 Å². The first kappa shape index (κ1) is 15.6. The molecule has 3 heterocycles. The summed E-state index contributed by atoms with van der Waals surface area (Å²) in [6, 6.07) is 5.15. The number of hydrogen-bond acceptors (Lipinski definition) is 2. The molecule has 25 heavy (non-hydrogen) atoms. The van der Waals surface area contributed by atoms with Crippen LogP contribution in [0.2, 0.25) is 0 Å². The number of amides is 1. The van der Waals surface area contributed by atoms with E-state index >= 15 is 0 Å². The topological polar surface area (TPSA) is 84.8 Å². The smallest absolute Gasteiger partial charge is 0.270 e. The number of nitrogens with zero attached hydrogens (tertiary/aromatic N) is 1. The average molecular weight is 346 g/mol. The number of aromatic amines is 3. The number of carbonyl (C=O) groups excluding carboxylic acids is 1. The van der Waals surface area contributed by atoms with Crippen LogP contribution in [0.15, 0.2) is 29.1 Å². The minimum atomic E-state index is -0.956. The summed E-state index contributed by atoms with van der Waals surface area (Å²) in [5.74, 6) is -2.07. The Morgan fingerprint density at radius 1 is 1.12 bits per heavy atom. The van der Waals surface area contributed by atoms with Gasteiger partial charge in [-0.05, 0) is 25.0 Å². The highest BCUT2D eigenvalue weighted by atomic mass is 19.2. The lowest BCUT2D eigenvalue weighted by Crippen LogP contribution is -2.39. The number of aromatic nitrogens is 3. The summed E-state index contributed by atoms with van der Waals surface area (Å²) in [5, 5.41) is 5.80. The second-order valence-corrected chi connectivity index (χ2v) is 6.34. The van der Waals surface area contributed by atoms with E-state index < -0.39 is 11.6 Å². The number of carbonyl (C=O) groups is 1. The van der Waals surface area contributed by atoms with Crippen LogP contribution in [0.5, 0.6) is 0 Å². The van der Waals surface area contributed by atoms with Crippen molar-refractivity contribution < 1.29 is 13.6 Å². The van der Waals surface area contributed by atoms with Gasteiger partial charge in [0.15, 0.2) is 11.6 Å². The van der Waals surface area contributed by atoms with E-state index in [1.807, 2.05) is 0 Å². The number of nitrogens with one attached hydrogen (secondary N) is 3. The van der Waals surface area contributed by atoms with Crippen LogP contribution < -0.4 is 5.56 Å². The molecule has 0 radical (unpaired) electrons. The Bertz CT molecular complexity index is 965. The van der Waals surface area contributed by atoms with Gasteiger partial charge in [-0.15, -0.1) is 0 Å². The number of fused-ring (bicyclic) bond motifs is 1. The lowest BCUT2D eigenvalue weighted by molar-refractivity contribution is 0.0701. The molecule has 1 aliphatic heterocycles. The highest BCUT2D eigenvalue weighted by molar-refractivity contribution is 5.98. The van der Waals surface area contributed by atoms with E-state index in [-0.39, 0.29) is 17.4 Å². The summed E-state index contributed by atoms with van der Waals surface area (Å²) in [6.45, 7) is 1.08. The molecule has 6 nitrogen and oxygen atoms in total. The van der Waals surface area contributed by atoms with E-state index in [1.165, 1.54) is 12.1 Å². The second-order valence-electron chi connectivity index (χ2n) is 6.34. The molecule has 2 aromatic heterocycles. The Kier molecular flexibility index (Phi) is 3.67. The molecule has 1 fully saturated rings. The largest absolute Gasteiger partial charge is 0.350 e. The summed E-state index contributed by atoms with van der Waals surface area (Å²) in [6.07, 6.45) is 1.69. The number of H-pyrrole nitrogens is 3. The van der Waals surface area contributed by atoms with E-state index in [0.717, 1.165) is 30.7 Å². The van der Waals surface area contributed by atoms with E-state index in [1.54, 1.807) is 4.90 Å². The molecule has 1 aromatic carbocycles. The van der Waals surface area contributed by atoms with E-state index in [2.05, 4.69) is 15.2 Å². The van der Waals surface area contributed by atoms with Crippen LogP contribution in [0, 0.1) is 11.6 Å². The Balaban J connectivity index is 1.58. The van der Waals surface area contributed by atoms with Gasteiger partial charge in [-0.1, -0.05) is 0 Å². The molecule has 3 aromatic rings. The second kappa shape index (κ2) is 5.87. The Labute approximate surface area is 140 Å². The third kappa shape index (κ3) is 2.84. The summed E-state index contributed by atoms with van der Waals surface area (Å²) in [5.41, 5.74) is 1.26. The van der Waals surface area contributed by atoms with Crippen molar-refractivity contribution in [2.75, 3.05) is 13.1 Å². The van der Waals surface area contributed by atoms with Crippen molar-refractivity contribution in [2.24, 2.45) is 0 Å². The molecule has 4 rings (SSSR count). The van der Waals surface area contributed by atoms with Crippen molar-refractivity contribution in [3.05, 3.63) is 57.6 Å². The minimum absolute atomic E-state index is 0.0518. The lowest BCUT2D eigenvalue weighted by Gasteiger charge is -2.31. The molecule has 130 valence electrons. The van der Waals surface area contributed by atoms with Crippen LogP contribution in [-0.4, -0.2) is 39.1 Å². The number of halogens is 2. The standard InChI is InChI=1S/C17H16F2N4O2/c18-11-4-10-5-15(20-13(10)6-12(11)19)17(25)23-3-1-2-9(8-23)14-7-16(24)22-21-14/h4-7,9,20H,1-3,8H2,(H2,21,22,24). The van der Waals surface area contributed by atoms with Crippen molar-refractivity contribution in [3.63, 3.8) is 0 Å². The minimum Gasteiger partial charge on any atom is -0.350 e. The van der Waals surface area contributed by atoms with Crippen molar-refractivity contribution >= 4 is 16.8 Å². The number of hydrogen-bond donors (Lipinski definition) is 3. The molecule has 0 aliphatic carbocycles. The van der Waals surface area contributed by atoms with Gasteiger partial charge in [0.1, 0.15) is 5.69 Å². The van der Waals surface area contributed by atoms with Gasteiger partial charge in [0.25, 0.3) is 11.5 Å². The zero-order valence-corrected chi connectivity index (χ0v) is 13.2. The van der Waals surface area contributed by atoms with Gasteiger partial charge in [0.05, 0.1) is 0 Å². The summed E-state index contributed by atoms with van der Waals surface area (Å²) in [4.78, 5) is 28.6. The third-order valence-corrected chi connectivity index (χ3v) is 4.66. The fraction of sp³-hybridized carbons (Fsp3) is 0.294. The molecule has 0 bridgehead atoms. The molecule has 0 saturated carbocycles. The Hall–Kier alpha value is -2.90. The van der Waals surface area contributed by atoms with Gasteiger partial charge in [0.2, 0.25) is 0 Å². The van der Waals surface area contributed by atoms with Crippen molar-refractivity contribution in [3.8, 4) is 0 Å². The lowest BCUT2D eigenvalue weighted by atomic mass is 9.94. The highest BCUT2D eigenvalue weighted by Crippen LogP contribution is 2.26. The first-order valence-electron chi connectivity index (χ1n) is 8.06. The molecule has 1 aliphatic rings. The summed E-state index contributed by atoms with van der Waals surface area (Å²) >= 11 is 0. The summed E-state index contributed by atoms with van der Waals surface area (Å²) in [7, 11) is 0. The predicted molar refractivity (Wildman–Crippen MR) is 87.5 cm³/mol. The van der Waals surface area contributed by atoms with E-state index in [9.17, 15) is 18.4 Å².